The number of rotatable bonds is 7. The van der Waals surface area contributed by atoms with E-state index in [4.69, 9.17) is 4.74 Å². The lowest BCUT2D eigenvalue weighted by Gasteiger charge is -2.10. The van der Waals surface area contributed by atoms with Gasteiger partial charge in [-0.1, -0.05) is 6.07 Å². The number of pyridine rings is 1. The van der Waals surface area contributed by atoms with Crippen LogP contribution in [0.2, 0.25) is 0 Å². The Bertz CT molecular complexity index is 620. The fourth-order valence-electron chi connectivity index (χ4n) is 2.16. The van der Waals surface area contributed by atoms with Crippen LogP contribution in [0, 0.1) is 6.92 Å². The number of hydrogen-bond donors (Lipinski definition) is 2. The van der Waals surface area contributed by atoms with Gasteiger partial charge in [0.15, 0.2) is 5.96 Å². The fraction of sp³-hybridized carbons (Fsp3) is 0.500. The molecule has 0 amide bonds. The number of guanidine groups is 1. The first-order valence-corrected chi connectivity index (χ1v) is 7.78. The number of aryl methyl sites for hydroxylation is 1. The van der Waals surface area contributed by atoms with Crippen LogP contribution in [-0.4, -0.2) is 41.6 Å². The second-order valence-electron chi connectivity index (χ2n) is 4.95. The summed E-state index contributed by atoms with van der Waals surface area (Å²) >= 11 is 0. The molecule has 0 bridgehead atoms. The third-order valence-corrected chi connectivity index (χ3v) is 3.23. The smallest absolute Gasteiger partial charge is 0.191 e. The van der Waals surface area contributed by atoms with E-state index in [2.05, 4.69) is 38.0 Å². The molecule has 0 aliphatic heterocycles. The molecule has 2 heterocycles. The van der Waals surface area contributed by atoms with Crippen LogP contribution >= 0.6 is 0 Å². The average Bonchev–Trinajstić information content (AvgIpc) is 2.93. The highest BCUT2D eigenvalue weighted by molar-refractivity contribution is 5.79. The van der Waals surface area contributed by atoms with E-state index in [1.807, 2.05) is 32.2 Å². The monoisotopic (exact) mass is 303 g/mol. The minimum atomic E-state index is 0.547. The Morgan fingerprint density at radius 2 is 2.18 bits per heavy atom. The predicted octanol–water partition coefficient (Wildman–Crippen LogP) is 1.73. The number of fused-ring (bicyclic) bond motifs is 1. The van der Waals surface area contributed by atoms with Gasteiger partial charge in [-0.15, -0.1) is 0 Å². The molecule has 6 heteroatoms. The standard InChI is InChI=1S/C16H25N5O/c1-4-17-16(18-9-10-22-5-2)19-11-14-12-21-13(3)7-6-8-15(21)20-14/h6-8,12H,4-5,9-11H2,1-3H3,(H2,17,18,19). The first-order chi connectivity index (χ1) is 10.7. The zero-order chi connectivity index (χ0) is 15.8. The van der Waals surface area contributed by atoms with E-state index >= 15 is 0 Å². The number of nitrogens with one attached hydrogen (secondary N) is 2. The normalized spacial score (nSPS) is 11.9. The van der Waals surface area contributed by atoms with Gasteiger partial charge in [-0.3, -0.25) is 0 Å². The fourth-order valence-corrected chi connectivity index (χ4v) is 2.16. The molecule has 2 aromatic heterocycles. The molecule has 0 fully saturated rings. The molecule has 2 N–H and O–H groups in total. The minimum absolute atomic E-state index is 0.547. The molecule has 0 atom stereocenters. The molecule has 0 aliphatic rings. The summed E-state index contributed by atoms with van der Waals surface area (Å²) in [4.78, 5) is 9.16. The summed E-state index contributed by atoms with van der Waals surface area (Å²) in [5.74, 6) is 0.788. The van der Waals surface area contributed by atoms with Crippen LogP contribution in [-0.2, 0) is 11.3 Å². The molecule has 0 unspecified atom stereocenters. The third kappa shape index (κ3) is 4.46. The Hall–Kier alpha value is -2.08. The Morgan fingerprint density at radius 1 is 1.32 bits per heavy atom. The van der Waals surface area contributed by atoms with Crippen molar-refractivity contribution >= 4 is 11.6 Å². The van der Waals surface area contributed by atoms with Crippen LogP contribution in [0.25, 0.3) is 5.65 Å². The van der Waals surface area contributed by atoms with E-state index in [1.165, 1.54) is 5.69 Å². The zero-order valence-corrected chi connectivity index (χ0v) is 13.6. The van der Waals surface area contributed by atoms with Crippen molar-refractivity contribution in [2.75, 3.05) is 26.3 Å². The maximum absolute atomic E-state index is 5.32. The van der Waals surface area contributed by atoms with Crippen LogP contribution in [0.4, 0.5) is 0 Å². The van der Waals surface area contributed by atoms with Gasteiger partial charge in [0, 0.05) is 31.6 Å². The lowest BCUT2D eigenvalue weighted by molar-refractivity contribution is 0.152. The van der Waals surface area contributed by atoms with Crippen LogP contribution in [0.3, 0.4) is 0 Å². The molecule has 120 valence electrons. The van der Waals surface area contributed by atoms with Gasteiger partial charge in [-0.25, -0.2) is 9.98 Å². The van der Waals surface area contributed by atoms with Crippen LogP contribution < -0.4 is 10.6 Å². The largest absolute Gasteiger partial charge is 0.380 e. The lowest BCUT2D eigenvalue weighted by Crippen LogP contribution is -2.39. The zero-order valence-electron chi connectivity index (χ0n) is 13.6. The summed E-state index contributed by atoms with van der Waals surface area (Å²) in [7, 11) is 0. The first-order valence-electron chi connectivity index (χ1n) is 7.78. The molecule has 0 radical (unpaired) electrons. The van der Waals surface area contributed by atoms with Crippen molar-refractivity contribution in [3.63, 3.8) is 0 Å². The van der Waals surface area contributed by atoms with E-state index in [1.54, 1.807) is 0 Å². The summed E-state index contributed by atoms with van der Waals surface area (Å²) in [6.45, 7) is 9.63. The minimum Gasteiger partial charge on any atom is -0.380 e. The summed E-state index contributed by atoms with van der Waals surface area (Å²) in [6, 6.07) is 6.09. The molecule has 22 heavy (non-hydrogen) atoms. The molecule has 0 saturated carbocycles. The number of nitrogens with zero attached hydrogens (tertiary/aromatic N) is 3. The molecular formula is C16H25N5O. The van der Waals surface area contributed by atoms with Crippen molar-refractivity contribution in [3.05, 3.63) is 35.8 Å². The van der Waals surface area contributed by atoms with Gasteiger partial charge in [0.05, 0.1) is 18.8 Å². The van der Waals surface area contributed by atoms with Gasteiger partial charge in [0.2, 0.25) is 0 Å². The molecule has 0 aromatic carbocycles. The highest BCUT2D eigenvalue weighted by Gasteiger charge is 2.03. The highest BCUT2D eigenvalue weighted by atomic mass is 16.5. The number of hydrogen-bond acceptors (Lipinski definition) is 3. The number of aromatic nitrogens is 2. The van der Waals surface area contributed by atoms with E-state index < -0.39 is 0 Å². The average molecular weight is 303 g/mol. The maximum atomic E-state index is 5.32. The Morgan fingerprint density at radius 3 is 2.91 bits per heavy atom. The Kier molecular flexibility index (Phi) is 6.21. The first kappa shape index (κ1) is 16.3. The van der Waals surface area contributed by atoms with E-state index in [0.29, 0.717) is 13.2 Å². The van der Waals surface area contributed by atoms with Crippen LogP contribution in [0.1, 0.15) is 25.2 Å². The van der Waals surface area contributed by atoms with Gasteiger partial charge in [0.25, 0.3) is 0 Å². The highest BCUT2D eigenvalue weighted by Crippen LogP contribution is 2.09. The van der Waals surface area contributed by atoms with Crippen molar-refractivity contribution in [1.82, 2.24) is 20.0 Å². The molecule has 2 aromatic rings. The van der Waals surface area contributed by atoms with Crippen LogP contribution in [0.15, 0.2) is 29.4 Å². The Balaban J connectivity index is 2.00. The molecular weight excluding hydrogens is 278 g/mol. The van der Waals surface area contributed by atoms with E-state index in [9.17, 15) is 0 Å². The topological polar surface area (TPSA) is 63.0 Å². The van der Waals surface area contributed by atoms with Gasteiger partial charge in [0.1, 0.15) is 5.65 Å². The van der Waals surface area contributed by atoms with E-state index in [0.717, 1.165) is 37.0 Å². The van der Waals surface area contributed by atoms with Crippen molar-refractivity contribution in [3.8, 4) is 0 Å². The lowest BCUT2D eigenvalue weighted by atomic mass is 10.4. The third-order valence-electron chi connectivity index (χ3n) is 3.23. The Labute approximate surface area is 131 Å². The van der Waals surface area contributed by atoms with Gasteiger partial charge >= 0.3 is 0 Å². The maximum Gasteiger partial charge on any atom is 0.191 e. The summed E-state index contributed by atoms with van der Waals surface area (Å²) < 4.78 is 7.40. The molecule has 0 saturated heterocycles. The summed E-state index contributed by atoms with van der Waals surface area (Å²) in [5.41, 5.74) is 3.08. The summed E-state index contributed by atoms with van der Waals surface area (Å²) in [6.07, 6.45) is 2.04. The van der Waals surface area contributed by atoms with Crippen molar-refractivity contribution in [2.24, 2.45) is 4.99 Å². The van der Waals surface area contributed by atoms with Crippen LogP contribution in [0.5, 0.6) is 0 Å². The van der Waals surface area contributed by atoms with Gasteiger partial charge in [-0.2, -0.15) is 0 Å². The van der Waals surface area contributed by atoms with Crippen molar-refractivity contribution in [2.45, 2.75) is 27.3 Å². The quantitative estimate of drug-likeness (QED) is 0.464. The molecule has 0 aliphatic carbocycles. The number of imidazole rings is 1. The summed E-state index contributed by atoms with van der Waals surface area (Å²) in [5, 5.41) is 6.47. The molecule has 0 spiro atoms. The molecule has 6 nitrogen and oxygen atoms in total. The second-order valence-corrected chi connectivity index (χ2v) is 4.95. The number of aliphatic imine (C=N–C) groups is 1. The number of ether oxygens (including phenoxy) is 1. The predicted molar refractivity (Wildman–Crippen MR) is 89.2 cm³/mol. The molecule has 2 rings (SSSR count). The van der Waals surface area contributed by atoms with E-state index in [-0.39, 0.29) is 0 Å². The van der Waals surface area contributed by atoms with Gasteiger partial charge in [-0.05, 0) is 32.9 Å². The van der Waals surface area contributed by atoms with Crippen molar-refractivity contribution < 1.29 is 4.74 Å². The van der Waals surface area contributed by atoms with Gasteiger partial charge < -0.3 is 19.8 Å². The SMILES string of the molecule is CCNC(=NCc1cn2c(C)cccc2n1)NCCOCC. The van der Waals surface area contributed by atoms with Crippen molar-refractivity contribution in [1.29, 1.82) is 0 Å². The second kappa shape index (κ2) is 8.38.